The monoisotopic (exact) mass is 117 g/mol. The van der Waals surface area contributed by atoms with Gasteiger partial charge in [0.25, 0.3) is 0 Å². The summed E-state index contributed by atoms with van der Waals surface area (Å²) in [5, 5.41) is 4.03. The molecule has 0 fully saturated rings. The van der Waals surface area contributed by atoms with E-state index in [4.69, 9.17) is 0 Å². The fourth-order valence-corrected chi connectivity index (χ4v) is 1.07. The zero-order valence-corrected chi connectivity index (χ0v) is 5.91. The first-order chi connectivity index (χ1) is 3.31. The van der Waals surface area contributed by atoms with Crippen LogP contribution in [0.3, 0.4) is 0 Å². The Balaban J connectivity index is 3.00. The van der Waals surface area contributed by atoms with Crippen molar-refractivity contribution in [2.24, 2.45) is 0 Å². The van der Waals surface area contributed by atoms with Crippen molar-refractivity contribution in [2.75, 3.05) is 13.2 Å². The van der Waals surface area contributed by atoms with Crippen LogP contribution in [-0.4, -0.2) is 19.5 Å². The Kier molecular flexibility index (Phi) is 4.37. The molecule has 7 heavy (non-hydrogen) atoms. The minimum Gasteiger partial charge on any atom is -0.443 e. The Morgan fingerprint density at radius 2 is 2.29 bits per heavy atom. The Hall–Kier alpha value is 0.130. The first-order valence-electron chi connectivity index (χ1n) is 2.49. The minimum atomic E-state index is -0.203. The van der Waals surface area contributed by atoms with Crippen LogP contribution in [-0.2, 0) is 0 Å². The molecular weight excluding hydrogens is 105 g/mol. The van der Waals surface area contributed by atoms with Crippen molar-refractivity contribution in [3.8, 4) is 0 Å². The largest absolute Gasteiger partial charge is 0.443 e. The van der Waals surface area contributed by atoms with Crippen molar-refractivity contribution in [2.45, 2.75) is 13.3 Å². The molecule has 1 nitrogen and oxygen atoms in total. The molecule has 1 unspecified atom stereocenters. The topological polar surface area (TPSA) is 14.1 Å². The van der Waals surface area contributed by atoms with Crippen LogP contribution in [0.5, 0.6) is 0 Å². The zero-order chi connectivity index (χ0) is 5.70. The summed E-state index contributed by atoms with van der Waals surface area (Å²) in [6.07, 6.45) is 6.25. The van der Waals surface area contributed by atoms with Crippen LogP contribution >= 0.6 is 7.70 Å². The van der Waals surface area contributed by atoms with Crippen molar-refractivity contribution in [1.82, 2.24) is 0 Å². The van der Waals surface area contributed by atoms with Gasteiger partial charge in [-0.2, -0.15) is 0 Å². The van der Waals surface area contributed by atoms with Crippen LogP contribution in [0.15, 0.2) is 0 Å². The summed E-state index contributed by atoms with van der Waals surface area (Å²) in [6.45, 7) is 2.16. The molecule has 42 valence electrons. The van der Waals surface area contributed by atoms with Crippen LogP contribution in [0.25, 0.3) is 5.09 Å². The molecular formula is C5H12NP. The molecule has 2 heteroatoms. The number of rotatable bonds is 3. The lowest BCUT2D eigenvalue weighted by molar-refractivity contribution is 1.10. The van der Waals surface area contributed by atoms with Crippen LogP contribution in [0.1, 0.15) is 13.3 Å². The van der Waals surface area contributed by atoms with E-state index in [2.05, 4.69) is 18.3 Å². The summed E-state index contributed by atoms with van der Waals surface area (Å²) >= 11 is 0. The molecule has 0 N–H and O–H groups in total. The van der Waals surface area contributed by atoms with E-state index in [0.29, 0.717) is 0 Å². The molecule has 0 aliphatic heterocycles. The normalized spacial score (nSPS) is 11.4. The molecule has 0 radical (unpaired) electrons. The van der Waals surface area contributed by atoms with Gasteiger partial charge in [-0.15, -0.1) is 7.05 Å². The highest BCUT2D eigenvalue weighted by Crippen LogP contribution is 2.25. The molecule has 0 aliphatic rings. The van der Waals surface area contributed by atoms with E-state index >= 15 is 0 Å². The van der Waals surface area contributed by atoms with Crippen molar-refractivity contribution >= 4 is 14.0 Å². The molecule has 0 aromatic heterocycles. The Labute approximate surface area is 46.6 Å². The van der Waals surface area contributed by atoms with Gasteiger partial charge >= 0.3 is 0 Å². The molecule has 0 spiro atoms. The number of hydrogen-bond acceptors (Lipinski definition) is 0. The quantitative estimate of drug-likeness (QED) is 0.503. The first-order valence-corrected chi connectivity index (χ1v) is 4.15. The van der Waals surface area contributed by atoms with Crippen LogP contribution in [0.2, 0.25) is 0 Å². The second-order valence-corrected chi connectivity index (χ2v) is 3.29. The molecule has 0 saturated carbocycles. The smallest absolute Gasteiger partial charge is 0.0925 e. The van der Waals surface area contributed by atoms with Crippen molar-refractivity contribution < 1.29 is 0 Å². The summed E-state index contributed by atoms with van der Waals surface area (Å²) in [7, 11) is 1.64. The second kappa shape index (κ2) is 4.29. The highest BCUT2D eigenvalue weighted by molar-refractivity contribution is 7.58. The van der Waals surface area contributed by atoms with Gasteiger partial charge in [0.05, 0.1) is 12.5 Å². The molecule has 0 aromatic carbocycles. The fourth-order valence-electron chi connectivity index (χ4n) is 0.358. The molecule has 1 atom stereocenters. The van der Waals surface area contributed by atoms with E-state index in [0.717, 1.165) is 0 Å². The van der Waals surface area contributed by atoms with Crippen LogP contribution in [0.4, 0.5) is 0 Å². The van der Waals surface area contributed by atoms with Crippen molar-refractivity contribution in [3.63, 3.8) is 0 Å². The maximum atomic E-state index is 4.03. The Bertz CT molecular complexity index is 61.1. The van der Waals surface area contributed by atoms with Gasteiger partial charge in [-0.1, -0.05) is 6.92 Å². The van der Waals surface area contributed by atoms with E-state index in [1.54, 1.807) is 0 Å². The molecule has 0 aliphatic carbocycles. The standard InChI is InChI=1S/C5H12NP/c1-4-5-7(3)6-2/h3-5H2,1-2H3. The van der Waals surface area contributed by atoms with Gasteiger partial charge in [-0.3, -0.25) is 0 Å². The maximum Gasteiger partial charge on any atom is 0.0925 e. The zero-order valence-electron chi connectivity index (χ0n) is 5.02. The molecule has 0 amide bonds. The molecule has 0 aromatic rings. The average Bonchev–Trinajstić information content (AvgIpc) is 1.68. The number of hydrogen-bond donors (Lipinski definition) is 0. The maximum absolute atomic E-state index is 4.03. The first kappa shape index (κ1) is 7.13. The SMILES string of the molecule is C=[P+](CCC)[N-]C. The summed E-state index contributed by atoms with van der Waals surface area (Å²) in [6, 6.07) is 0. The van der Waals surface area contributed by atoms with Crippen LogP contribution in [0, 0.1) is 0 Å². The van der Waals surface area contributed by atoms with Gasteiger partial charge in [0, 0.05) is 7.70 Å². The third-order valence-corrected chi connectivity index (χ3v) is 2.29. The third kappa shape index (κ3) is 3.97. The Morgan fingerprint density at radius 3 is 2.43 bits per heavy atom. The third-order valence-electron chi connectivity index (χ3n) is 0.765. The van der Waals surface area contributed by atoms with E-state index in [1.165, 1.54) is 12.6 Å². The summed E-state index contributed by atoms with van der Waals surface area (Å²) in [4.78, 5) is 0. The molecule has 0 saturated heterocycles. The van der Waals surface area contributed by atoms with E-state index < -0.39 is 0 Å². The summed E-state index contributed by atoms with van der Waals surface area (Å²) < 4.78 is 0. The van der Waals surface area contributed by atoms with Crippen LogP contribution < -0.4 is 0 Å². The minimum absolute atomic E-state index is 0.203. The van der Waals surface area contributed by atoms with Gasteiger partial charge in [0.2, 0.25) is 0 Å². The fraction of sp³-hybridized carbons (Fsp3) is 0.800. The predicted octanol–water partition coefficient (Wildman–Crippen LogP) is 2.23. The molecule has 0 heterocycles. The summed E-state index contributed by atoms with van der Waals surface area (Å²) in [5.41, 5.74) is 0. The Morgan fingerprint density at radius 1 is 1.71 bits per heavy atom. The molecule has 0 rings (SSSR count). The molecule has 0 bridgehead atoms. The van der Waals surface area contributed by atoms with E-state index in [1.807, 2.05) is 7.05 Å². The predicted molar refractivity (Wildman–Crippen MR) is 38.5 cm³/mol. The van der Waals surface area contributed by atoms with Gasteiger partial charge in [0.15, 0.2) is 0 Å². The van der Waals surface area contributed by atoms with E-state index in [-0.39, 0.29) is 7.70 Å². The highest BCUT2D eigenvalue weighted by Gasteiger charge is 1.85. The van der Waals surface area contributed by atoms with Gasteiger partial charge in [0.1, 0.15) is 0 Å². The lowest BCUT2D eigenvalue weighted by atomic mass is 10.6. The van der Waals surface area contributed by atoms with Crippen molar-refractivity contribution in [3.05, 3.63) is 5.09 Å². The van der Waals surface area contributed by atoms with Gasteiger partial charge < -0.3 is 5.09 Å². The van der Waals surface area contributed by atoms with Crippen molar-refractivity contribution in [1.29, 1.82) is 0 Å². The highest BCUT2D eigenvalue weighted by atomic mass is 31.1. The average molecular weight is 117 g/mol. The lowest BCUT2D eigenvalue weighted by Crippen LogP contribution is -1.68. The van der Waals surface area contributed by atoms with Gasteiger partial charge in [-0.25, -0.2) is 0 Å². The van der Waals surface area contributed by atoms with E-state index in [9.17, 15) is 0 Å². The number of nitrogens with zero attached hydrogens (tertiary/aromatic N) is 1. The second-order valence-electron chi connectivity index (χ2n) is 1.43. The lowest BCUT2D eigenvalue weighted by Gasteiger charge is -1.98. The summed E-state index contributed by atoms with van der Waals surface area (Å²) in [5.74, 6) is 0. The van der Waals surface area contributed by atoms with Gasteiger partial charge in [-0.05, 0) is 6.42 Å².